The highest BCUT2D eigenvalue weighted by molar-refractivity contribution is 7.91. The maximum atomic E-state index is 12.0. The van der Waals surface area contributed by atoms with Crippen LogP contribution in [0.25, 0.3) is 0 Å². The van der Waals surface area contributed by atoms with Crippen LogP contribution in [0, 0.1) is 10.1 Å². The standard InChI is InChI=1S/C15H22N2O4S/c1-16(11-12-7-9-13(10-8-12)17(18)19)14-5-3-4-6-15(14)22(2,20)21/h7-10,14-15H,3-6,11H2,1-2H3/t14-,15+/m1/s1. The van der Waals surface area contributed by atoms with E-state index in [2.05, 4.69) is 4.90 Å². The van der Waals surface area contributed by atoms with Gasteiger partial charge in [-0.05, 0) is 25.5 Å². The van der Waals surface area contributed by atoms with E-state index in [0.29, 0.717) is 13.0 Å². The lowest BCUT2D eigenvalue weighted by molar-refractivity contribution is -0.384. The summed E-state index contributed by atoms with van der Waals surface area (Å²) in [6, 6.07) is 6.44. The topological polar surface area (TPSA) is 80.5 Å². The molecule has 1 aliphatic rings. The lowest BCUT2D eigenvalue weighted by Gasteiger charge is -2.37. The van der Waals surface area contributed by atoms with Crippen molar-refractivity contribution in [3.8, 4) is 0 Å². The third kappa shape index (κ3) is 4.04. The van der Waals surface area contributed by atoms with E-state index in [-0.39, 0.29) is 17.0 Å². The fraction of sp³-hybridized carbons (Fsp3) is 0.600. The SMILES string of the molecule is CN(Cc1ccc([N+](=O)[O-])cc1)[C@@H]1CCCC[C@@H]1S(C)(=O)=O. The van der Waals surface area contributed by atoms with Crippen LogP contribution in [0.15, 0.2) is 24.3 Å². The maximum absolute atomic E-state index is 12.0. The summed E-state index contributed by atoms with van der Waals surface area (Å²) in [5.41, 5.74) is 1.02. The second-order valence-corrected chi connectivity index (χ2v) is 8.32. The quantitative estimate of drug-likeness (QED) is 0.613. The summed E-state index contributed by atoms with van der Waals surface area (Å²) in [5, 5.41) is 10.3. The molecule has 1 fully saturated rings. The minimum absolute atomic E-state index is 0.0129. The molecule has 0 radical (unpaired) electrons. The van der Waals surface area contributed by atoms with Gasteiger partial charge in [-0.25, -0.2) is 8.42 Å². The third-order valence-electron chi connectivity index (χ3n) is 4.36. The van der Waals surface area contributed by atoms with E-state index >= 15 is 0 Å². The molecule has 0 spiro atoms. The average molecular weight is 326 g/mol. The number of rotatable bonds is 5. The van der Waals surface area contributed by atoms with Gasteiger partial charge in [-0.3, -0.25) is 15.0 Å². The number of nitrogens with zero attached hydrogens (tertiary/aromatic N) is 2. The molecular weight excluding hydrogens is 304 g/mol. The molecule has 7 heteroatoms. The first kappa shape index (κ1) is 16.9. The minimum atomic E-state index is -3.06. The van der Waals surface area contributed by atoms with Gasteiger partial charge in [0.05, 0.1) is 10.2 Å². The summed E-state index contributed by atoms with van der Waals surface area (Å²) in [5.74, 6) is 0. The molecule has 0 amide bonds. The van der Waals surface area contributed by atoms with Gasteiger partial charge in [0.2, 0.25) is 0 Å². The van der Waals surface area contributed by atoms with E-state index in [1.165, 1.54) is 18.4 Å². The molecule has 0 bridgehead atoms. The predicted octanol–water partition coefficient (Wildman–Crippen LogP) is 2.38. The molecule has 0 aliphatic heterocycles. The van der Waals surface area contributed by atoms with Crippen LogP contribution in [0.5, 0.6) is 0 Å². The zero-order valence-electron chi connectivity index (χ0n) is 12.9. The lowest BCUT2D eigenvalue weighted by atomic mass is 9.93. The predicted molar refractivity (Wildman–Crippen MR) is 85.5 cm³/mol. The number of hydrogen-bond donors (Lipinski definition) is 0. The van der Waals surface area contributed by atoms with Crippen LogP contribution in [0.3, 0.4) is 0 Å². The van der Waals surface area contributed by atoms with Gasteiger partial charge in [0.1, 0.15) is 0 Å². The molecule has 1 saturated carbocycles. The Bertz CT molecular complexity index is 627. The minimum Gasteiger partial charge on any atom is -0.298 e. The van der Waals surface area contributed by atoms with Crippen LogP contribution < -0.4 is 0 Å². The van der Waals surface area contributed by atoms with E-state index in [1.807, 2.05) is 7.05 Å². The zero-order valence-corrected chi connectivity index (χ0v) is 13.8. The first-order valence-corrected chi connectivity index (χ1v) is 9.37. The third-order valence-corrected chi connectivity index (χ3v) is 6.01. The molecule has 1 aliphatic carbocycles. The molecule has 2 atom stereocenters. The Kier molecular flexibility index (Phi) is 5.18. The Balaban J connectivity index is 2.09. The van der Waals surface area contributed by atoms with E-state index in [0.717, 1.165) is 24.8 Å². The number of non-ortho nitro benzene ring substituents is 1. The van der Waals surface area contributed by atoms with Gasteiger partial charge in [-0.2, -0.15) is 0 Å². The molecule has 1 aromatic rings. The highest BCUT2D eigenvalue weighted by Crippen LogP contribution is 2.28. The number of nitro groups is 1. The number of benzene rings is 1. The number of nitro benzene ring substituents is 1. The molecule has 22 heavy (non-hydrogen) atoms. The molecule has 0 N–H and O–H groups in total. The first-order valence-electron chi connectivity index (χ1n) is 7.41. The van der Waals surface area contributed by atoms with Crippen LogP contribution in [0.4, 0.5) is 5.69 Å². The molecule has 1 aromatic carbocycles. The molecule has 0 saturated heterocycles. The Hall–Kier alpha value is -1.47. The van der Waals surface area contributed by atoms with Crippen molar-refractivity contribution in [2.24, 2.45) is 0 Å². The van der Waals surface area contributed by atoms with Gasteiger partial charge in [0.15, 0.2) is 9.84 Å². The molecule has 0 aromatic heterocycles. The van der Waals surface area contributed by atoms with Crippen LogP contribution >= 0.6 is 0 Å². The summed E-state index contributed by atoms with van der Waals surface area (Å²) < 4.78 is 23.9. The Labute approximate surface area is 131 Å². The molecule has 2 rings (SSSR count). The van der Waals surface area contributed by atoms with Gasteiger partial charge in [-0.15, -0.1) is 0 Å². The average Bonchev–Trinajstić information content (AvgIpc) is 2.47. The fourth-order valence-corrected chi connectivity index (χ4v) is 4.72. The van der Waals surface area contributed by atoms with E-state index in [4.69, 9.17) is 0 Å². The Morgan fingerprint density at radius 2 is 1.82 bits per heavy atom. The van der Waals surface area contributed by atoms with Gasteiger partial charge in [0, 0.05) is 31.0 Å². The van der Waals surface area contributed by atoms with Crippen molar-refractivity contribution in [1.82, 2.24) is 4.90 Å². The van der Waals surface area contributed by atoms with Crippen molar-refractivity contribution in [2.75, 3.05) is 13.3 Å². The lowest BCUT2D eigenvalue weighted by Crippen LogP contribution is -2.46. The van der Waals surface area contributed by atoms with Crippen LogP contribution in [-0.2, 0) is 16.4 Å². The summed E-state index contributed by atoms with van der Waals surface area (Å²) in [6.45, 7) is 0.592. The Morgan fingerprint density at radius 1 is 1.23 bits per heavy atom. The first-order chi connectivity index (χ1) is 10.3. The van der Waals surface area contributed by atoms with Crippen molar-refractivity contribution < 1.29 is 13.3 Å². The second kappa shape index (κ2) is 6.75. The molecule has 122 valence electrons. The normalized spacial score (nSPS) is 22.7. The van der Waals surface area contributed by atoms with Gasteiger partial charge in [-0.1, -0.05) is 25.0 Å². The summed E-state index contributed by atoms with van der Waals surface area (Å²) in [7, 11) is -1.14. The van der Waals surface area contributed by atoms with Crippen molar-refractivity contribution in [3.63, 3.8) is 0 Å². The van der Waals surface area contributed by atoms with Crippen molar-refractivity contribution in [3.05, 3.63) is 39.9 Å². The van der Waals surface area contributed by atoms with Crippen LogP contribution in [0.1, 0.15) is 31.2 Å². The van der Waals surface area contributed by atoms with Gasteiger partial charge >= 0.3 is 0 Å². The largest absolute Gasteiger partial charge is 0.298 e. The molecular formula is C15H22N2O4S. The monoisotopic (exact) mass is 326 g/mol. The summed E-state index contributed by atoms with van der Waals surface area (Å²) in [4.78, 5) is 12.3. The number of sulfone groups is 1. The van der Waals surface area contributed by atoms with Crippen molar-refractivity contribution in [1.29, 1.82) is 0 Å². The molecule has 0 unspecified atom stereocenters. The highest BCUT2D eigenvalue weighted by Gasteiger charge is 2.35. The number of hydrogen-bond acceptors (Lipinski definition) is 5. The van der Waals surface area contributed by atoms with E-state index in [1.54, 1.807) is 12.1 Å². The highest BCUT2D eigenvalue weighted by atomic mass is 32.2. The fourth-order valence-electron chi connectivity index (χ4n) is 3.21. The second-order valence-electron chi connectivity index (χ2n) is 6.06. The summed E-state index contributed by atoms with van der Waals surface area (Å²) in [6.07, 6.45) is 4.91. The Morgan fingerprint density at radius 3 is 2.36 bits per heavy atom. The van der Waals surface area contributed by atoms with E-state index in [9.17, 15) is 18.5 Å². The van der Waals surface area contributed by atoms with Crippen molar-refractivity contribution in [2.45, 2.75) is 43.5 Å². The van der Waals surface area contributed by atoms with Gasteiger partial charge in [0.25, 0.3) is 5.69 Å². The van der Waals surface area contributed by atoms with Crippen LogP contribution in [-0.4, -0.2) is 42.8 Å². The van der Waals surface area contributed by atoms with Gasteiger partial charge < -0.3 is 0 Å². The van der Waals surface area contributed by atoms with Crippen molar-refractivity contribution >= 4 is 15.5 Å². The maximum Gasteiger partial charge on any atom is 0.269 e. The smallest absolute Gasteiger partial charge is 0.269 e. The molecule has 6 nitrogen and oxygen atoms in total. The zero-order chi connectivity index (χ0) is 16.3. The summed E-state index contributed by atoms with van der Waals surface area (Å²) >= 11 is 0. The van der Waals surface area contributed by atoms with E-state index < -0.39 is 14.8 Å². The van der Waals surface area contributed by atoms with Crippen LogP contribution in [0.2, 0.25) is 0 Å². The molecule has 0 heterocycles.